The summed E-state index contributed by atoms with van der Waals surface area (Å²) in [5.41, 5.74) is 11.5. The van der Waals surface area contributed by atoms with Crippen LogP contribution in [0.2, 0.25) is 0 Å². The third kappa shape index (κ3) is 3.57. The van der Waals surface area contributed by atoms with Crippen LogP contribution in [0, 0.1) is 20.8 Å². The van der Waals surface area contributed by atoms with E-state index in [-0.39, 0.29) is 0 Å². The van der Waals surface area contributed by atoms with Crippen molar-refractivity contribution in [3.05, 3.63) is 108 Å². The molecule has 0 bridgehead atoms. The lowest BCUT2D eigenvalue weighted by molar-refractivity contribution is 1.43. The van der Waals surface area contributed by atoms with Gasteiger partial charge in [0.15, 0.2) is 0 Å². The standard InChI is InChI=1S/C27H24/c1-19-11-14-22(15-12-19)24-9-4-5-10-25(24)26-16-13-21(3)18-27(26)23-8-6-7-20(2)17-23/h4-18H,1-3H3. The zero-order valence-electron chi connectivity index (χ0n) is 16.2. The first-order valence-electron chi connectivity index (χ1n) is 9.46. The predicted octanol–water partition coefficient (Wildman–Crippen LogP) is 7.61. The van der Waals surface area contributed by atoms with E-state index in [1.807, 2.05) is 0 Å². The largest absolute Gasteiger partial charge is 0.0616 e. The molecule has 0 nitrogen and oxygen atoms in total. The zero-order chi connectivity index (χ0) is 18.8. The molecule has 0 heteroatoms. The molecular formula is C27H24. The Morgan fingerprint density at radius 1 is 0.370 bits per heavy atom. The Kier molecular flexibility index (Phi) is 4.64. The number of rotatable bonds is 3. The van der Waals surface area contributed by atoms with Gasteiger partial charge in [0.2, 0.25) is 0 Å². The van der Waals surface area contributed by atoms with Gasteiger partial charge in [0.05, 0.1) is 0 Å². The van der Waals surface area contributed by atoms with Crippen LogP contribution in [0.1, 0.15) is 16.7 Å². The summed E-state index contributed by atoms with van der Waals surface area (Å²) >= 11 is 0. The lowest BCUT2D eigenvalue weighted by Gasteiger charge is -2.16. The molecule has 27 heavy (non-hydrogen) atoms. The SMILES string of the molecule is Cc1ccc(-c2ccccc2-c2ccc(C)cc2-c2cccc(C)c2)cc1. The van der Waals surface area contributed by atoms with Gasteiger partial charge in [-0.3, -0.25) is 0 Å². The predicted molar refractivity (Wildman–Crippen MR) is 117 cm³/mol. The number of hydrogen-bond acceptors (Lipinski definition) is 0. The highest BCUT2D eigenvalue weighted by atomic mass is 14.2. The summed E-state index contributed by atoms with van der Waals surface area (Å²) in [4.78, 5) is 0. The van der Waals surface area contributed by atoms with E-state index in [1.165, 1.54) is 50.1 Å². The second-order valence-electron chi connectivity index (χ2n) is 7.33. The Labute approximate surface area is 162 Å². The first-order valence-corrected chi connectivity index (χ1v) is 9.46. The van der Waals surface area contributed by atoms with Crippen LogP contribution < -0.4 is 0 Å². The molecule has 0 saturated heterocycles. The van der Waals surface area contributed by atoms with Crippen molar-refractivity contribution in [3.63, 3.8) is 0 Å². The maximum absolute atomic E-state index is 2.30. The molecule has 0 saturated carbocycles. The van der Waals surface area contributed by atoms with Gasteiger partial charge in [-0.05, 0) is 54.2 Å². The van der Waals surface area contributed by atoms with Crippen LogP contribution >= 0.6 is 0 Å². The van der Waals surface area contributed by atoms with Gasteiger partial charge in [-0.2, -0.15) is 0 Å². The highest BCUT2D eigenvalue weighted by molar-refractivity contribution is 5.91. The first kappa shape index (κ1) is 17.3. The second kappa shape index (κ2) is 7.25. The molecule has 0 N–H and O–H groups in total. The van der Waals surface area contributed by atoms with Gasteiger partial charge in [0.25, 0.3) is 0 Å². The summed E-state index contributed by atoms with van der Waals surface area (Å²) in [6.45, 7) is 6.44. The van der Waals surface area contributed by atoms with Crippen molar-refractivity contribution in [1.82, 2.24) is 0 Å². The molecule has 0 heterocycles. The summed E-state index contributed by atoms with van der Waals surface area (Å²) in [7, 11) is 0. The molecule has 0 spiro atoms. The molecule has 0 aliphatic heterocycles. The molecule has 0 amide bonds. The number of aryl methyl sites for hydroxylation is 3. The molecule has 132 valence electrons. The van der Waals surface area contributed by atoms with Crippen molar-refractivity contribution in [2.45, 2.75) is 20.8 Å². The molecule has 4 aromatic rings. The zero-order valence-corrected chi connectivity index (χ0v) is 16.2. The normalized spacial score (nSPS) is 10.8. The lowest BCUT2D eigenvalue weighted by atomic mass is 9.88. The van der Waals surface area contributed by atoms with Crippen LogP contribution in [-0.2, 0) is 0 Å². The van der Waals surface area contributed by atoms with Crippen molar-refractivity contribution in [1.29, 1.82) is 0 Å². The fraction of sp³-hybridized carbons (Fsp3) is 0.111. The topological polar surface area (TPSA) is 0 Å². The average molecular weight is 348 g/mol. The minimum atomic E-state index is 1.26. The molecule has 4 aromatic carbocycles. The Hall–Kier alpha value is -3.12. The van der Waals surface area contributed by atoms with E-state index in [2.05, 4.69) is 112 Å². The van der Waals surface area contributed by atoms with Crippen molar-refractivity contribution in [3.8, 4) is 33.4 Å². The minimum absolute atomic E-state index is 1.26. The Morgan fingerprint density at radius 2 is 1.00 bits per heavy atom. The quantitative estimate of drug-likeness (QED) is 0.357. The lowest BCUT2D eigenvalue weighted by Crippen LogP contribution is -1.90. The second-order valence-corrected chi connectivity index (χ2v) is 7.33. The van der Waals surface area contributed by atoms with Crippen LogP contribution in [0.15, 0.2) is 91.0 Å². The van der Waals surface area contributed by atoms with Crippen molar-refractivity contribution < 1.29 is 0 Å². The minimum Gasteiger partial charge on any atom is -0.0616 e. The molecule has 0 aromatic heterocycles. The summed E-state index contributed by atoms with van der Waals surface area (Å²) < 4.78 is 0. The molecule has 0 aliphatic carbocycles. The van der Waals surface area contributed by atoms with E-state index >= 15 is 0 Å². The van der Waals surface area contributed by atoms with E-state index in [9.17, 15) is 0 Å². The van der Waals surface area contributed by atoms with Crippen molar-refractivity contribution >= 4 is 0 Å². The summed E-state index contributed by atoms with van der Waals surface area (Å²) in [5, 5.41) is 0. The molecule has 0 radical (unpaired) electrons. The molecule has 0 fully saturated rings. The summed E-state index contributed by atoms with van der Waals surface area (Å²) in [6.07, 6.45) is 0. The Bertz CT molecular complexity index is 1090. The fourth-order valence-corrected chi connectivity index (χ4v) is 3.65. The van der Waals surface area contributed by atoms with Gasteiger partial charge in [0, 0.05) is 0 Å². The summed E-state index contributed by atoms with van der Waals surface area (Å²) in [5.74, 6) is 0. The number of hydrogen-bond donors (Lipinski definition) is 0. The molecule has 0 atom stereocenters. The van der Waals surface area contributed by atoms with E-state index in [0.717, 1.165) is 0 Å². The van der Waals surface area contributed by atoms with Gasteiger partial charge < -0.3 is 0 Å². The Balaban J connectivity index is 1.94. The maximum Gasteiger partial charge on any atom is -0.00990 e. The third-order valence-electron chi connectivity index (χ3n) is 5.08. The van der Waals surface area contributed by atoms with E-state index in [1.54, 1.807) is 0 Å². The average Bonchev–Trinajstić information content (AvgIpc) is 2.69. The van der Waals surface area contributed by atoms with Gasteiger partial charge in [-0.15, -0.1) is 0 Å². The van der Waals surface area contributed by atoms with Crippen LogP contribution in [0.4, 0.5) is 0 Å². The van der Waals surface area contributed by atoms with E-state index in [0.29, 0.717) is 0 Å². The summed E-state index contributed by atoms with van der Waals surface area (Å²) in [6, 6.07) is 33.1. The fourth-order valence-electron chi connectivity index (χ4n) is 3.65. The highest BCUT2D eigenvalue weighted by Crippen LogP contribution is 2.38. The van der Waals surface area contributed by atoms with E-state index in [4.69, 9.17) is 0 Å². The third-order valence-corrected chi connectivity index (χ3v) is 5.08. The van der Waals surface area contributed by atoms with E-state index < -0.39 is 0 Å². The van der Waals surface area contributed by atoms with Gasteiger partial charge >= 0.3 is 0 Å². The van der Waals surface area contributed by atoms with Crippen molar-refractivity contribution in [2.75, 3.05) is 0 Å². The van der Waals surface area contributed by atoms with Gasteiger partial charge in [-0.25, -0.2) is 0 Å². The van der Waals surface area contributed by atoms with Crippen LogP contribution in [0.3, 0.4) is 0 Å². The smallest absolute Gasteiger partial charge is 0.00990 e. The van der Waals surface area contributed by atoms with Crippen LogP contribution in [0.25, 0.3) is 33.4 Å². The molecule has 4 rings (SSSR count). The highest BCUT2D eigenvalue weighted by Gasteiger charge is 2.12. The van der Waals surface area contributed by atoms with Crippen LogP contribution in [0.5, 0.6) is 0 Å². The van der Waals surface area contributed by atoms with Crippen LogP contribution in [-0.4, -0.2) is 0 Å². The maximum atomic E-state index is 2.30. The molecular weight excluding hydrogens is 324 g/mol. The van der Waals surface area contributed by atoms with Gasteiger partial charge in [-0.1, -0.05) is 108 Å². The molecule has 0 unspecified atom stereocenters. The van der Waals surface area contributed by atoms with Gasteiger partial charge in [0.1, 0.15) is 0 Å². The number of benzene rings is 4. The Morgan fingerprint density at radius 3 is 1.74 bits per heavy atom. The first-order chi connectivity index (χ1) is 13.1. The monoisotopic (exact) mass is 348 g/mol. The van der Waals surface area contributed by atoms with Crippen molar-refractivity contribution in [2.24, 2.45) is 0 Å². The molecule has 0 aliphatic rings.